The molecule has 0 aliphatic rings. The van der Waals surface area contributed by atoms with Gasteiger partial charge in [0.1, 0.15) is 0 Å². The lowest BCUT2D eigenvalue weighted by Gasteiger charge is -2.13. The lowest BCUT2D eigenvalue weighted by atomic mass is 9.95. The van der Waals surface area contributed by atoms with Crippen LogP contribution in [0.4, 0.5) is 0 Å². The number of esters is 1. The Hall–Kier alpha value is -1.31. The molecule has 1 rings (SSSR count). The van der Waals surface area contributed by atoms with Crippen LogP contribution >= 0.6 is 0 Å². The lowest BCUT2D eigenvalue weighted by Crippen LogP contribution is -2.13. The number of carbonyl (C=O) groups is 1. The van der Waals surface area contributed by atoms with Crippen molar-refractivity contribution in [1.29, 1.82) is 0 Å². The minimum Gasteiger partial charge on any atom is -0.469 e. The van der Waals surface area contributed by atoms with Gasteiger partial charge in [-0.05, 0) is 24.0 Å². The Bertz CT molecular complexity index is 327. The first-order valence-corrected chi connectivity index (χ1v) is 5.89. The molecular weight excluding hydrogens is 200 g/mol. The summed E-state index contributed by atoms with van der Waals surface area (Å²) >= 11 is 0. The Kier molecular flexibility index (Phi) is 5.03. The number of methoxy groups -OCH3 is 1. The maximum absolute atomic E-state index is 11.5. The van der Waals surface area contributed by atoms with E-state index in [9.17, 15) is 4.79 Å². The predicted octanol–water partition coefficient (Wildman–Crippen LogP) is 3.31. The molecule has 2 heteroatoms. The van der Waals surface area contributed by atoms with Gasteiger partial charge in [0.25, 0.3) is 0 Å². The van der Waals surface area contributed by atoms with Crippen molar-refractivity contribution in [3.8, 4) is 0 Å². The summed E-state index contributed by atoms with van der Waals surface area (Å²) in [6, 6.07) is 8.28. The number of ether oxygens (including phenoxy) is 1. The van der Waals surface area contributed by atoms with Crippen molar-refractivity contribution in [2.24, 2.45) is 0 Å². The summed E-state index contributed by atoms with van der Waals surface area (Å²) < 4.78 is 4.80. The van der Waals surface area contributed by atoms with Crippen molar-refractivity contribution in [2.45, 2.75) is 39.0 Å². The molecule has 1 atom stereocenters. The van der Waals surface area contributed by atoms with Gasteiger partial charge in [0.15, 0.2) is 0 Å². The van der Waals surface area contributed by atoms with Crippen LogP contribution in [0.25, 0.3) is 0 Å². The molecule has 0 aromatic heterocycles. The molecule has 16 heavy (non-hydrogen) atoms. The molecule has 2 nitrogen and oxygen atoms in total. The van der Waals surface area contributed by atoms with Crippen LogP contribution in [0.2, 0.25) is 0 Å². The maximum Gasteiger partial charge on any atom is 0.313 e. The van der Waals surface area contributed by atoms with Gasteiger partial charge in [0, 0.05) is 0 Å². The Balaban J connectivity index is 2.82. The summed E-state index contributed by atoms with van der Waals surface area (Å²) in [6.45, 7) is 4.17. The SMILES string of the molecule is CCCc1ccc(C(CC)C(=O)OC)cc1. The fourth-order valence-electron chi connectivity index (χ4n) is 1.89. The van der Waals surface area contributed by atoms with Crippen LogP contribution in [-0.4, -0.2) is 13.1 Å². The number of aryl methyl sites for hydroxylation is 1. The normalized spacial score (nSPS) is 12.2. The van der Waals surface area contributed by atoms with Crippen molar-refractivity contribution in [2.75, 3.05) is 7.11 Å². The zero-order valence-corrected chi connectivity index (χ0v) is 10.3. The van der Waals surface area contributed by atoms with E-state index in [1.165, 1.54) is 12.7 Å². The van der Waals surface area contributed by atoms with Crippen LogP contribution in [0.3, 0.4) is 0 Å². The fraction of sp³-hybridized carbons (Fsp3) is 0.500. The van der Waals surface area contributed by atoms with E-state index in [2.05, 4.69) is 19.1 Å². The standard InChI is InChI=1S/C14H20O2/c1-4-6-11-7-9-12(10-8-11)13(5-2)14(15)16-3/h7-10,13H,4-6H2,1-3H3. The number of hydrogen-bond acceptors (Lipinski definition) is 2. The van der Waals surface area contributed by atoms with E-state index >= 15 is 0 Å². The van der Waals surface area contributed by atoms with Crippen molar-refractivity contribution >= 4 is 5.97 Å². The Labute approximate surface area is 97.6 Å². The van der Waals surface area contributed by atoms with Gasteiger partial charge < -0.3 is 4.74 Å². The zero-order chi connectivity index (χ0) is 12.0. The second-order valence-corrected chi connectivity index (χ2v) is 3.98. The largest absolute Gasteiger partial charge is 0.469 e. The second-order valence-electron chi connectivity index (χ2n) is 3.98. The molecule has 0 heterocycles. The monoisotopic (exact) mass is 220 g/mol. The highest BCUT2D eigenvalue weighted by atomic mass is 16.5. The van der Waals surface area contributed by atoms with Crippen molar-refractivity contribution in [3.63, 3.8) is 0 Å². The third-order valence-corrected chi connectivity index (χ3v) is 2.81. The van der Waals surface area contributed by atoms with E-state index in [1.807, 2.05) is 19.1 Å². The maximum atomic E-state index is 11.5. The number of benzene rings is 1. The van der Waals surface area contributed by atoms with Crippen molar-refractivity contribution < 1.29 is 9.53 Å². The summed E-state index contributed by atoms with van der Waals surface area (Å²) in [5.74, 6) is -0.272. The fourth-order valence-corrected chi connectivity index (χ4v) is 1.89. The molecule has 0 aliphatic heterocycles. The van der Waals surface area contributed by atoms with Gasteiger partial charge in [-0.15, -0.1) is 0 Å². The van der Waals surface area contributed by atoms with Crippen LogP contribution in [0, 0.1) is 0 Å². The average molecular weight is 220 g/mol. The minimum atomic E-state index is -0.147. The lowest BCUT2D eigenvalue weighted by molar-refractivity contribution is -0.142. The van der Waals surface area contributed by atoms with Gasteiger partial charge in [-0.25, -0.2) is 0 Å². The predicted molar refractivity (Wildman–Crippen MR) is 65.5 cm³/mol. The molecule has 0 N–H and O–H groups in total. The zero-order valence-electron chi connectivity index (χ0n) is 10.3. The van der Waals surface area contributed by atoms with E-state index in [-0.39, 0.29) is 11.9 Å². The summed E-state index contributed by atoms with van der Waals surface area (Å²) in [5.41, 5.74) is 2.38. The van der Waals surface area contributed by atoms with E-state index < -0.39 is 0 Å². The van der Waals surface area contributed by atoms with Gasteiger partial charge in [0.05, 0.1) is 13.0 Å². The molecule has 0 saturated carbocycles. The number of carbonyl (C=O) groups excluding carboxylic acids is 1. The molecule has 0 bridgehead atoms. The molecule has 0 fully saturated rings. The van der Waals surface area contributed by atoms with Crippen LogP contribution < -0.4 is 0 Å². The van der Waals surface area contributed by atoms with E-state index in [0.717, 1.165) is 24.8 Å². The molecule has 0 radical (unpaired) electrons. The molecule has 0 spiro atoms. The van der Waals surface area contributed by atoms with Crippen LogP contribution in [0.15, 0.2) is 24.3 Å². The van der Waals surface area contributed by atoms with Gasteiger partial charge in [-0.1, -0.05) is 44.5 Å². The first-order chi connectivity index (χ1) is 7.72. The Morgan fingerprint density at radius 1 is 1.25 bits per heavy atom. The Morgan fingerprint density at radius 2 is 1.88 bits per heavy atom. The van der Waals surface area contributed by atoms with Gasteiger partial charge in [-0.2, -0.15) is 0 Å². The van der Waals surface area contributed by atoms with E-state index in [1.54, 1.807) is 0 Å². The molecule has 0 amide bonds. The molecule has 0 aliphatic carbocycles. The van der Waals surface area contributed by atoms with Gasteiger partial charge in [0.2, 0.25) is 0 Å². The summed E-state index contributed by atoms with van der Waals surface area (Å²) in [6.07, 6.45) is 3.02. The molecule has 1 aromatic rings. The van der Waals surface area contributed by atoms with Crippen LogP contribution in [0.1, 0.15) is 43.7 Å². The topological polar surface area (TPSA) is 26.3 Å². The van der Waals surface area contributed by atoms with E-state index in [0.29, 0.717) is 0 Å². The third kappa shape index (κ3) is 3.09. The van der Waals surface area contributed by atoms with E-state index in [4.69, 9.17) is 4.74 Å². The van der Waals surface area contributed by atoms with Crippen molar-refractivity contribution in [1.82, 2.24) is 0 Å². The quantitative estimate of drug-likeness (QED) is 0.712. The molecule has 1 aromatic carbocycles. The Morgan fingerprint density at radius 3 is 2.31 bits per heavy atom. The van der Waals surface area contributed by atoms with Crippen LogP contribution in [0.5, 0.6) is 0 Å². The highest BCUT2D eigenvalue weighted by Gasteiger charge is 2.18. The number of rotatable bonds is 5. The number of hydrogen-bond donors (Lipinski definition) is 0. The van der Waals surface area contributed by atoms with Gasteiger partial charge in [-0.3, -0.25) is 4.79 Å². The summed E-state index contributed by atoms with van der Waals surface area (Å²) in [7, 11) is 1.44. The summed E-state index contributed by atoms with van der Waals surface area (Å²) in [4.78, 5) is 11.5. The molecule has 1 unspecified atom stereocenters. The minimum absolute atomic E-state index is 0.124. The smallest absolute Gasteiger partial charge is 0.313 e. The molecular formula is C14H20O2. The summed E-state index contributed by atoms with van der Waals surface area (Å²) in [5, 5.41) is 0. The first-order valence-electron chi connectivity index (χ1n) is 5.89. The first kappa shape index (κ1) is 12.8. The average Bonchev–Trinajstić information content (AvgIpc) is 2.32. The van der Waals surface area contributed by atoms with Crippen LogP contribution in [-0.2, 0) is 16.0 Å². The van der Waals surface area contributed by atoms with Crippen molar-refractivity contribution in [3.05, 3.63) is 35.4 Å². The van der Waals surface area contributed by atoms with Gasteiger partial charge >= 0.3 is 5.97 Å². The molecule has 0 saturated heterocycles. The highest BCUT2D eigenvalue weighted by Crippen LogP contribution is 2.21. The third-order valence-electron chi connectivity index (χ3n) is 2.81. The second kappa shape index (κ2) is 6.31. The molecule has 88 valence electrons. The highest BCUT2D eigenvalue weighted by molar-refractivity contribution is 5.77.